The molecule has 0 radical (unpaired) electrons. The molecule has 1 atom stereocenters. The highest BCUT2D eigenvalue weighted by molar-refractivity contribution is 7.89. The lowest BCUT2D eigenvalue weighted by Gasteiger charge is -2.21. The van der Waals surface area contributed by atoms with Crippen molar-refractivity contribution in [1.82, 2.24) is 4.72 Å². The average Bonchev–Trinajstić information content (AvgIpc) is 2.27. The average molecular weight is 273 g/mol. The van der Waals surface area contributed by atoms with Crippen molar-refractivity contribution in [1.29, 1.82) is 0 Å². The van der Waals surface area contributed by atoms with E-state index in [1.54, 1.807) is 31.0 Å². The Morgan fingerprint density at radius 1 is 1.50 bits per heavy atom. The van der Waals surface area contributed by atoms with Crippen molar-refractivity contribution in [3.63, 3.8) is 0 Å². The smallest absolute Gasteiger partial charge is 0.242 e. The third-order valence-electron chi connectivity index (χ3n) is 2.53. The maximum atomic E-state index is 11.6. The number of hydrogen-bond acceptors (Lipinski definition) is 5. The lowest BCUT2D eigenvalue weighted by atomic mass is 10.2. The summed E-state index contributed by atoms with van der Waals surface area (Å²) in [4.78, 5) is 1.86. The van der Waals surface area contributed by atoms with E-state index < -0.39 is 16.1 Å². The third kappa shape index (κ3) is 3.34. The molecule has 0 saturated heterocycles. The van der Waals surface area contributed by atoms with E-state index >= 15 is 0 Å². The number of nitrogens with zero attached hydrogens (tertiary/aromatic N) is 1. The molecule has 1 rings (SSSR count). The first-order valence-electron chi connectivity index (χ1n) is 5.50. The van der Waals surface area contributed by atoms with E-state index in [2.05, 4.69) is 4.72 Å². The summed E-state index contributed by atoms with van der Waals surface area (Å²) in [5.41, 5.74) is 6.68. The number of nitrogens with two attached hydrogens (primary N) is 1. The van der Waals surface area contributed by atoms with Crippen molar-refractivity contribution in [2.75, 3.05) is 31.3 Å². The predicted octanol–water partition coefficient (Wildman–Crippen LogP) is -0.00610. The Kier molecular flexibility index (Phi) is 4.55. The van der Waals surface area contributed by atoms with E-state index in [1.165, 1.54) is 13.1 Å². The predicted molar refractivity (Wildman–Crippen MR) is 72.1 cm³/mol. The van der Waals surface area contributed by atoms with Gasteiger partial charge in [-0.1, -0.05) is 0 Å². The molecule has 0 aliphatic heterocycles. The van der Waals surface area contributed by atoms with Gasteiger partial charge in [0.25, 0.3) is 0 Å². The molecule has 7 heteroatoms. The van der Waals surface area contributed by atoms with E-state index in [1.807, 2.05) is 0 Å². The summed E-state index contributed by atoms with van der Waals surface area (Å²) in [6.45, 7) is 2.12. The molecule has 1 unspecified atom stereocenters. The molecular formula is C11H19N3O3S. The highest BCUT2D eigenvalue weighted by atomic mass is 32.2. The summed E-state index contributed by atoms with van der Waals surface area (Å²) in [5.74, 6) is 0. The van der Waals surface area contributed by atoms with Crippen molar-refractivity contribution in [3.05, 3.63) is 18.2 Å². The summed E-state index contributed by atoms with van der Waals surface area (Å²) in [6, 6.07) is 4.69. The van der Waals surface area contributed by atoms with Gasteiger partial charge in [-0.05, 0) is 32.2 Å². The minimum Gasteiger partial charge on any atom is -0.398 e. The van der Waals surface area contributed by atoms with Crippen LogP contribution in [-0.4, -0.2) is 40.3 Å². The van der Waals surface area contributed by atoms with Crippen LogP contribution in [0.5, 0.6) is 0 Å². The minimum absolute atomic E-state index is 0.0548. The molecule has 0 spiro atoms. The highest BCUT2D eigenvalue weighted by Crippen LogP contribution is 2.24. The fourth-order valence-corrected chi connectivity index (χ4v) is 2.47. The minimum atomic E-state index is -3.54. The summed E-state index contributed by atoms with van der Waals surface area (Å²) < 4.78 is 25.5. The first-order chi connectivity index (χ1) is 8.27. The molecule has 0 fully saturated rings. The molecule has 18 heavy (non-hydrogen) atoms. The zero-order valence-corrected chi connectivity index (χ0v) is 11.5. The summed E-state index contributed by atoms with van der Waals surface area (Å²) in [7, 11) is -0.402. The van der Waals surface area contributed by atoms with Crippen molar-refractivity contribution in [3.8, 4) is 0 Å². The molecular weight excluding hydrogens is 254 g/mol. The monoisotopic (exact) mass is 273 g/mol. The Morgan fingerprint density at radius 3 is 2.56 bits per heavy atom. The molecule has 0 aliphatic carbocycles. The number of nitrogen functional groups attached to an aromatic ring is 1. The Bertz CT molecular complexity index is 514. The molecule has 4 N–H and O–H groups in total. The number of sulfonamides is 1. The van der Waals surface area contributed by atoms with E-state index in [-0.39, 0.29) is 10.6 Å². The normalized spacial score (nSPS) is 13.3. The van der Waals surface area contributed by atoms with Gasteiger partial charge in [0, 0.05) is 19.3 Å². The van der Waals surface area contributed by atoms with Gasteiger partial charge in [-0.2, -0.15) is 0 Å². The SMILES string of the molecule is CNS(=O)(=O)c1ccc(N(C)CC(C)O)cc1N. The second kappa shape index (κ2) is 5.55. The van der Waals surface area contributed by atoms with E-state index in [9.17, 15) is 13.5 Å². The number of hydrogen-bond donors (Lipinski definition) is 3. The first kappa shape index (κ1) is 14.7. The molecule has 0 amide bonds. The molecule has 0 heterocycles. The van der Waals surface area contributed by atoms with Crippen LogP contribution in [0.2, 0.25) is 0 Å². The maximum absolute atomic E-state index is 11.6. The number of aliphatic hydroxyl groups excluding tert-OH is 1. The van der Waals surface area contributed by atoms with Crippen LogP contribution in [-0.2, 0) is 10.0 Å². The molecule has 1 aromatic carbocycles. The molecule has 0 aromatic heterocycles. The molecule has 1 aromatic rings. The van der Waals surface area contributed by atoms with Gasteiger partial charge in [0.2, 0.25) is 10.0 Å². The quantitative estimate of drug-likeness (QED) is 0.656. The lowest BCUT2D eigenvalue weighted by Crippen LogP contribution is -2.27. The fourth-order valence-electron chi connectivity index (χ4n) is 1.63. The highest BCUT2D eigenvalue weighted by Gasteiger charge is 2.16. The van der Waals surface area contributed by atoms with E-state index in [4.69, 9.17) is 5.73 Å². The van der Waals surface area contributed by atoms with Gasteiger partial charge in [0.05, 0.1) is 11.8 Å². The Balaban J connectivity index is 3.07. The Labute approximate surface area is 107 Å². The van der Waals surface area contributed by atoms with Crippen molar-refractivity contribution < 1.29 is 13.5 Å². The maximum Gasteiger partial charge on any atom is 0.242 e. The first-order valence-corrected chi connectivity index (χ1v) is 6.98. The van der Waals surface area contributed by atoms with Crippen LogP contribution in [0.1, 0.15) is 6.92 Å². The number of aliphatic hydroxyl groups is 1. The van der Waals surface area contributed by atoms with Gasteiger partial charge in [0.1, 0.15) is 4.90 Å². The van der Waals surface area contributed by atoms with Gasteiger partial charge in [0.15, 0.2) is 0 Å². The number of anilines is 2. The number of nitrogens with one attached hydrogen (secondary N) is 1. The van der Waals surface area contributed by atoms with Crippen LogP contribution in [0.3, 0.4) is 0 Å². The van der Waals surface area contributed by atoms with Crippen molar-refractivity contribution in [2.24, 2.45) is 0 Å². The molecule has 0 saturated carbocycles. The third-order valence-corrected chi connectivity index (χ3v) is 4.02. The fraction of sp³-hybridized carbons (Fsp3) is 0.455. The van der Waals surface area contributed by atoms with Crippen LogP contribution in [0.15, 0.2) is 23.1 Å². The topological polar surface area (TPSA) is 95.7 Å². The zero-order chi connectivity index (χ0) is 13.9. The summed E-state index contributed by atoms with van der Waals surface area (Å²) in [6.07, 6.45) is -0.475. The summed E-state index contributed by atoms with van der Waals surface area (Å²) in [5, 5.41) is 9.30. The number of likely N-dealkylation sites (N-methyl/N-ethyl adjacent to an activating group) is 1. The number of rotatable bonds is 5. The van der Waals surface area contributed by atoms with Crippen LogP contribution in [0.25, 0.3) is 0 Å². The van der Waals surface area contributed by atoms with Crippen LogP contribution < -0.4 is 15.4 Å². The van der Waals surface area contributed by atoms with Crippen LogP contribution in [0.4, 0.5) is 11.4 Å². The molecule has 0 bridgehead atoms. The second-order valence-electron chi connectivity index (χ2n) is 4.16. The zero-order valence-electron chi connectivity index (χ0n) is 10.7. The largest absolute Gasteiger partial charge is 0.398 e. The van der Waals surface area contributed by atoms with Crippen molar-refractivity contribution in [2.45, 2.75) is 17.9 Å². The molecule has 102 valence electrons. The number of benzene rings is 1. The lowest BCUT2D eigenvalue weighted by molar-refractivity contribution is 0.201. The van der Waals surface area contributed by atoms with Crippen molar-refractivity contribution >= 4 is 21.4 Å². The van der Waals surface area contributed by atoms with E-state index in [0.29, 0.717) is 6.54 Å². The van der Waals surface area contributed by atoms with Gasteiger partial charge in [-0.3, -0.25) is 0 Å². The molecule has 6 nitrogen and oxygen atoms in total. The molecule has 0 aliphatic rings. The second-order valence-corrected chi connectivity index (χ2v) is 6.01. The van der Waals surface area contributed by atoms with Gasteiger partial charge < -0.3 is 15.7 Å². The van der Waals surface area contributed by atoms with Gasteiger partial charge in [-0.15, -0.1) is 0 Å². The Morgan fingerprint density at radius 2 is 2.11 bits per heavy atom. The Hall–Kier alpha value is -1.31. The van der Waals surface area contributed by atoms with Crippen LogP contribution >= 0.6 is 0 Å². The van der Waals surface area contributed by atoms with Gasteiger partial charge >= 0.3 is 0 Å². The van der Waals surface area contributed by atoms with E-state index in [0.717, 1.165) is 5.69 Å². The summed E-state index contributed by atoms with van der Waals surface area (Å²) >= 11 is 0. The van der Waals surface area contributed by atoms with Gasteiger partial charge in [-0.25, -0.2) is 13.1 Å². The standard InChI is InChI=1S/C11H19N3O3S/c1-8(15)7-14(3)9-4-5-11(10(12)6-9)18(16,17)13-2/h4-6,8,13,15H,7,12H2,1-3H3. The van der Waals surface area contributed by atoms with Crippen LogP contribution in [0, 0.1) is 0 Å².